The molecule has 1 aliphatic rings. The molecule has 2 aromatic rings. The second-order valence-corrected chi connectivity index (χ2v) is 5.65. The fraction of sp³-hybridized carbons (Fsp3) is 0.286. The Bertz CT molecular complexity index is 579. The SMILES string of the molecule is O=C(N[C@H](c1cncc(Br)c1)C1CC1)c1ccoc1. The standard InChI is InChI=1S/C14H13BrN2O2/c15-12-5-11(6-16-7-12)13(9-1-2-9)17-14(18)10-3-4-19-8-10/h3-9,13H,1-2H2,(H,17,18)/t13-/m0/s1. The van der Waals surface area contributed by atoms with Crippen molar-refractivity contribution in [2.45, 2.75) is 18.9 Å². The van der Waals surface area contributed by atoms with E-state index in [4.69, 9.17) is 4.42 Å². The first kappa shape index (κ1) is 12.4. The molecule has 0 aromatic carbocycles. The number of carbonyl (C=O) groups is 1. The minimum Gasteiger partial charge on any atom is -0.472 e. The van der Waals surface area contributed by atoms with Crippen molar-refractivity contribution in [3.05, 3.63) is 52.7 Å². The summed E-state index contributed by atoms with van der Waals surface area (Å²) in [6.07, 6.45) is 8.79. The Morgan fingerprint density at radius 2 is 2.32 bits per heavy atom. The maximum Gasteiger partial charge on any atom is 0.255 e. The Hall–Kier alpha value is -1.62. The fourth-order valence-corrected chi connectivity index (χ4v) is 2.50. The van der Waals surface area contributed by atoms with Gasteiger partial charge in [-0.05, 0) is 52.4 Å². The Morgan fingerprint density at radius 1 is 1.47 bits per heavy atom. The molecule has 0 aliphatic heterocycles. The van der Waals surface area contributed by atoms with Crippen LogP contribution in [0.4, 0.5) is 0 Å². The molecule has 2 heterocycles. The molecular formula is C14H13BrN2O2. The van der Waals surface area contributed by atoms with Crippen LogP contribution in [0.15, 0.2) is 45.9 Å². The van der Waals surface area contributed by atoms with Crippen LogP contribution < -0.4 is 5.32 Å². The highest BCUT2D eigenvalue weighted by molar-refractivity contribution is 9.10. The molecule has 1 N–H and O–H groups in total. The number of hydrogen-bond donors (Lipinski definition) is 1. The number of halogens is 1. The maximum atomic E-state index is 12.1. The van der Waals surface area contributed by atoms with E-state index in [1.165, 1.54) is 12.5 Å². The van der Waals surface area contributed by atoms with Crippen molar-refractivity contribution in [2.24, 2.45) is 5.92 Å². The van der Waals surface area contributed by atoms with E-state index in [0.29, 0.717) is 11.5 Å². The third kappa shape index (κ3) is 2.87. The Labute approximate surface area is 119 Å². The summed E-state index contributed by atoms with van der Waals surface area (Å²) in [7, 11) is 0. The number of nitrogens with one attached hydrogen (secondary N) is 1. The van der Waals surface area contributed by atoms with Crippen molar-refractivity contribution in [3.8, 4) is 0 Å². The number of amides is 1. The lowest BCUT2D eigenvalue weighted by molar-refractivity contribution is 0.0931. The Balaban J connectivity index is 1.80. The van der Waals surface area contributed by atoms with Gasteiger partial charge in [-0.15, -0.1) is 0 Å². The van der Waals surface area contributed by atoms with Gasteiger partial charge in [0.15, 0.2) is 0 Å². The summed E-state index contributed by atoms with van der Waals surface area (Å²) in [6, 6.07) is 3.69. The molecule has 4 nitrogen and oxygen atoms in total. The quantitative estimate of drug-likeness (QED) is 0.940. The summed E-state index contributed by atoms with van der Waals surface area (Å²) in [5, 5.41) is 3.07. The number of nitrogens with zero attached hydrogens (tertiary/aromatic N) is 1. The lowest BCUT2D eigenvalue weighted by atomic mass is 10.0. The highest BCUT2D eigenvalue weighted by Crippen LogP contribution is 2.41. The topological polar surface area (TPSA) is 55.1 Å². The summed E-state index contributed by atoms with van der Waals surface area (Å²) < 4.78 is 5.86. The zero-order chi connectivity index (χ0) is 13.2. The second-order valence-electron chi connectivity index (χ2n) is 4.74. The molecule has 0 spiro atoms. The van der Waals surface area contributed by atoms with E-state index in [1.807, 2.05) is 12.3 Å². The predicted molar refractivity (Wildman–Crippen MR) is 73.6 cm³/mol. The maximum absolute atomic E-state index is 12.1. The van der Waals surface area contributed by atoms with Crippen molar-refractivity contribution in [2.75, 3.05) is 0 Å². The Kier molecular flexibility index (Phi) is 3.38. The number of pyridine rings is 1. The molecular weight excluding hydrogens is 308 g/mol. The summed E-state index contributed by atoms with van der Waals surface area (Å²) in [5.41, 5.74) is 1.59. The van der Waals surface area contributed by atoms with Gasteiger partial charge in [0.05, 0.1) is 17.9 Å². The molecule has 2 aromatic heterocycles. The molecule has 1 amide bonds. The lowest BCUT2D eigenvalue weighted by Gasteiger charge is -2.18. The van der Waals surface area contributed by atoms with Crippen LogP contribution in [-0.4, -0.2) is 10.9 Å². The smallest absolute Gasteiger partial charge is 0.255 e. The molecule has 1 fully saturated rings. The van der Waals surface area contributed by atoms with Crippen LogP contribution in [0.2, 0.25) is 0 Å². The number of hydrogen-bond acceptors (Lipinski definition) is 3. The largest absolute Gasteiger partial charge is 0.472 e. The molecule has 0 unspecified atom stereocenters. The number of rotatable bonds is 4. The van der Waals surface area contributed by atoms with E-state index in [0.717, 1.165) is 22.9 Å². The van der Waals surface area contributed by atoms with Gasteiger partial charge in [0.2, 0.25) is 0 Å². The highest BCUT2D eigenvalue weighted by Gasteiger charge is 2.34. The number of carbonyl (C=O) groups excluding carboxylic acids is 1. The molecule has 0 radical (unpaired) electrons. The highest BCUT2D eigenvalue weighted by atomic mass is 79.9. The molecule has 98 valence electrons. The second kappa shape index (κ2) is 5.17. The van der Waals surface area contributed by atoms with Gasteiger partial charge in [-0.2, -0.15) is 0 Å². The zero-order valence-electron chi connectivity index (χ0n) is 10.2. The van der Waals surface area contributed by atoms with Gasteiger partial charge in [0, 0.05) is 16.9 Å². The van der Waals surface area contributed by atoms with E-state index in [2.05, 4.69) is 26.2 Å². The van der Waals surface area contributed by atoms with E-state index < -0.39 is 0 Å². The molecule has 5 heteroatoms. The van der Waals surface area contributed by atoms with Gasteiger partial charge in [-0.1, -0.05) is 0 Å². The van der Waals surface area contributed by atoms with Crippen LogP contribution in [0.25, 0.3) is 0 Å². The van der Waals surface area contributed by atoms with Crippen LogP contribution in [0.1, 0.15) is 34.8 Å². The molecule has 1 saturated carbocycles. The molecule has 1 aliphatic carbocycles. The van der Waals surface area contributed by atoms with Crippen LogP contribution in [-0.2, 0) is 0 Å². The third-order valence-corrected chi connectivity index (χ3v) is 3.68. The van der Waals surface area contributed by atoms with Gasteiger partial charge < -0.3 is 9.73 Å². The minimum absolute atomic E-state index is 0.0207. The minimum atomic E-state index is -0.106. The first-order chi connectivity index (χ1) is 9.24. The number of aromatic nitrogens is 1. The average Bonchev–Trinajstić information content (AvgIpc) is 3.09. The summed E-state index contributed by atoms with van der Waals surface area (Å²) in [5.74, 6) is 0.401. The van der Waals surface area contributed by atoms with Crippen LogP contribution in [0.3, 0.4) is 0 Å². The van der Waals surface area contributed by atoms with Gasteiger partial charge in [0.25, 0.3) is 5.91 Å². The lowest BCUT2D eigenvalue weighted by Crippen LogP contribution is -2.29. The first-order valence-electron chi connectivity index (χ1n) is 6.17. The fourth-order valence-electron chi connectivity index (χ4n) is 2.12. The van der Waals surface area contributed by atoms with Crippen molar-refractivity contribution in [1.82, 2.24) is 10.3 Å². The van der Waals surface area contributed by atoms with Crippen LogP contribution >= 0.6 is 15.9 Å². The van der Waals surface area contributed by atoms with Gasteiger partial charge in [-0.25, -0.2) is 0 Å². The van der Waals surface area contributed by atoms with E-state index in [9.17, 15) is 4.79 Å². The van der Waals surface area contributed by atoms with Crippen molar-refractivity contribution < 1.29 is 9.21 Å². The zero-order valence-corrected chi connectivity index (χ0v) is 11.8. The van der Waals surface area contributed by atoms with Crippen LogP contribution in [0, 0.1) is 5.92 Å². The molecule has 1 atom stereocenters. The molecule has 19 heavy (non-hydrogen) atoms. The molecule has 0 saturated heterocycles. The van der Waals surface area contributed by atoms with Gasteiger partial charge in [-0.3, -0.25) is 9.78 Å². The van der Waals surface area contributed by atoms with Gasteiger partial charge >= 0.3 is 0 Å². The Morgan fingerprint density at radius 3 is 2.95 bits per heavy atom. The molecule has 0 bridgehead atoms. The van der Waals surface area contributed by atoms with Crippen LogP contribution in [0.5, 0.6) is 0 Å². The van der Waals surface area contributed by atoms with E-state index in [-0.39, 0.29) is 11.9 Å². The first-order valence-corrected chi connectivity index (χ1v) is 6.97. The summed E-state index contributed by atoms with van der Waals surface area (Å²) in [6.45, 7) is 0. The van der Waals surface area contributed by atoms with Crippen molar-refractivity contribution in [1.29, 1.82) is 0 Å². The van der Waals surface area contributed by atoms with Gasteiger partial charge in [0.1, 0.15) is 6.26 Å². The van der Waals surface area contributed by atoms with Crippen molar-refractivity contribution in [3.63, 3.8) is 0 Å². The van der Waals surface area contributed by atoms with E-state index in [1.54, 1.807) is 12.3 Å². The predicted octanol–water partition coefficient (Wildman–Crippen LogP) is 3.32. The monoisotopic (exact) mass is 320 g/mol. The summed E-state index contributed by atoms with van der Waals surface area (Å²) >= 11 is 3.41. The van der Waals surface area contributed by atoms with Crippen molar-refractivity contribution >= 4 is 21.8 Å². The number of furan rings is 1. The summed E-state index contributed by atoms with van der Waals surface area (Å²) in [4.78, 5) is 16.3. The third-order valence-electron chi connectivity index (χ3n) is 3.25. The average molecular weight is 321 g/mol. The normalized spacial score (nSPS) is 16.1. The van der Waals surface area contributed by atoms with E-state index >= 15 is 0 Å². The molecule has 3 rings (SSSR count).